The number of thiazole rings is 1. The molecule has 0 saturated carbocycles. The highest BCUT2D eigenvalue weighted by atomic mass is 32.1. The molecule has 1 heterocycles. The Kier molecular flexibility index (Phi) is 3.58. The van der Waals surface area contributed by atoms with E-state index < -0.39 is 0 Å². The maximum Gasteiger partial charge on any atom is 0.256 e. The van der Waals surface area contributed by atoms with Gasteiger partial charge in [0.25, 0.3) is 5.91 Å². The molecule has 5 heteroatoms. The fourth-order valence-electron chi connectivity index (χ4n) is 2.16. The summed E-state index contributed by atoms with van der Waals surface area (Å²) in [5.74, 6) is -0.0904. The van der Waals surface area contributed by atoms with Crippen molar-refractivity contribution in [3.8, 4) is 0 Å². The van der Waals surface area contributed by atoms with E-state index in [-0.39, 0.29) is 5.91 Å². The number of aromatic nitrogens is 1. The number of hydrogen-bond acceptors (Lipinski definition) is 4. The first kappa shape index (κ1) is 13.6. The molecule has 1 amide bonds. The SMILES string of the molecule is CN(Cc1nc2ccccc2s1)C(=O)c1ccccc1N. The van der Waals surface area contributed by atoms with Gasteiger partial charge < -0.3 is 10.6 Å². The third-order valence-electron chi connectivity index (χ3n) is 3.25. The zero-order valence-electron chi connectivity index (χ0n) is 11.6. The number of para-hydroxylation sites is 2. The summed E-state index contributed by atoms with van der Waals surface area (Å²) in [6.45, 7) is 0.479. The van der Waals surface area contributed by atoms with Crippen LogP contribution < -0.4 is 5.73 Å². The van der Waals surface area contributed by atoms with E-state index >= 15 is 0 Å². The molecule has 2 N–H and O–H groups in total. The average Bonchev–Trinajstić information content (AvgIpc) is 2.89. The molecule has 0 fully saturated rings. The number of nitrogens with zero attached hydrogens (tertiary/aromatic N) is 2. The van der Waals surface area contributed by atoms with E-state index in [4.69, 9.17) is 5.73 Å². The lowest BCUT2D eigenvalue weighted by molar-refractivity contribution is 0.0786. The van der Waals surface area contributed by atoms with Gasteiger partial charge in [0.1, 0.15) is 5.01 Å². The summed E-state index contributed by atoms with van der Waals surface area (Å²) >= 11 is 1.61. The van der Waals surface area contributed by atoms with Crippen molar-refractivity contribution < 1.29 is 4.79 Å². The van der Waals surface area contributed by atoms with Gasteiger partial charge in [0, 0.05) is 12.7 Å². The van der Waals surface area contributed by atoms with Crippen LogP contribution in [0.2, 0.25) is 0 Å². The van der Waals surface area contributed by atoms with Gasteiger partial charge in [-0.2, -0.15) is 0 Å². The molecule has 4 nitrogen and oxygen atoms in total. The predicted molar refractivity (Wildman–Crippen MR) is 86.3 cm³/mol. The minimum atomic E-state index is -0.0904. The summed E-state index contributed by atoms with van der Waals surface area (Å²) in [7, 11) is 1.76. The van der Waals surface area contributed by atoms with Crippen LogP contribution in [0.25, 0.3) is 10.2 Å². The standard InChI is InChI=1S/C16H15N3OS/c1-19(16(20)11-6-2-3-7-12(11)17)10-15-18-13-8-4-5-9-14(13)21-15/h2-9H,10,17H2,1H3. The quantitative estimate of drug-likeness (QED) is 0.755. The van der Waals surface area contributed by atoms with Crippen LogP contribution in [0.15, 0.2) is 48.5 Å². The first-order chi connectivity index (χ1) is 10.1. The zero-order valence-corrected chi connectivity index (χ0v) is 12.4. The average molecular weight is 297 g/mol. The molecule has 3 aromatic rings. The summed E-state index contributed by atoms with van der Waals surface area (Å²) in [6.07, 6.45) is 0. The second-order valence-corrected chi connectivity index (χ2v) is 5.94. The van der Waals surface area contributed by atoms with Crippen molar-refractivity contribution in [1.29, 1.82) is 0 Å². The summed E-state index contributed by atoms with van der Waals surface area (Å²) in [4.78, 5) is 18.6. The molecule has 0 aliphatic rings. The van der Waals surface area contributed by atoms with Crippen molar-refractivity contribution in [2.24, 2.45) is 0 Å². The van der Waals surface area contributed by atoms with Crippen LogP contribution in [-0.2, 0) is 6.54 Å². The fraction of sp³-hybridized carbons (Fsp3) is 0.125. The second-order valence-electron chi connectivity index (χ2n) is 4.82. The number of rotatable bonds is 3. The Labute approximate surface area is 126 Å². The smallest absolute Gasteiger partial charge is 0.256 e. The topological polar surface area (TPSA) is 59.2 Å². The number of nitrogens with two attached hydrogens (primary N) is 1. The number of benzene rings is 2. The highest BCUT2D eigenvalue weighted by Gasteiger charge is 2.16. The first-order valence-corrected chi connectivity index (χ1v) is 7.41. The van der Waals surface area contributed by atoms with Crippen molar-refractivity contribution in [3.05, 3.63) is 59.1 Å². The number of hydrogen-bond donors (Lipinski definition) is 1. The van der Waals surface area contributed by atoms with Gasteiger partial charge in [-0.15, -0.1) is 11.3 Å². The lowest BCUT2D eigenvalue weighted by Gasteiger charge is -2.16. The maximum absolute atomic E-state index is 12.4. The number of carbonyl (C=O) groups excluding carboxylic acids is 1. The number of anilines is 1. The predicted octanol–water partition coefficient (Wildman–Crippen LogP) is 3.15. The molecule has 0 unspecified atom stereocenters. The molecule has 3 rings (SSSR count). The largest absolute Gasteiger partial charge is 0.398 e. The second kappa shape index (κ2) is 5.54. The van der Waals surface area contributed by atoms with Gasteiger partial charge in [-0.3, -0.25) is 4.79 Å². The normalized spacial score (nSPS) is 10.7. The summed E-state index contributed by atoms with van der Waals surface area (Å²) in [6, 6.07) is 15.1. The van der Waals surface area contributed by atoms with Crippen LogP contribution in [-0.4, -0.2) is 22.8 Å². The summed E-state index contributed by atoms with van der Waals surface area (Å²) in [5.41, 5.74) is 7.85. The Morgan fingerprint density at radius 3 is 2.67 bits per heavy atom. The molecule has 0 saturated heterocycles. The lowest BCUT2D eigenvalue weighted by Crippen LogP contribution is -2.26. The molecule has 0 radical (unpaired) electrons. The minimum Gasteiger partial charge on any atom is -0.398 e. The van der Waals surface area contributed by atoms with Crippen LogP contribution in [0.5, 0.6) is 0 Å². The number of amides is 1. The van der Waals surface area contributed by atoms with Gasteiger partial charge in [0.15, 0.2) is 0 Å². The van der Waals surface area contributed by atoms with Crippen molar-refractivity contribution in [1.82, 2.24) is 9.88 Å². The van der Waals surface area contributed by atoms with Crippen molar-refractivity contribution in [2.75, 3.05) is 12.8 Å². The summed E-state index contributed by atoms with van der Waals surface area (Å²) in [5, 5.41) is 0.918. The molecule has 1 aromatic heterocycles. The van der Waals surface area contributed by atoms with Gasteiger partial charge in [0.2, 0.25) is 0 Å². The molecule has 0 atom stereocenters. The van der Waals surface area contributed by atoms with Crippen molar-refractivity contribution in [2.45, 2.75) is 6.54 Å². The van der Waals surface area contributed by atoms with Gasteiger partial charge in [-0.1, -0.05) is 24.3 Å². The number of fused-ring (bicyclic) bond motifs is 1. The third kappa shape index (κ3) is 2.73. The molecule has 2 aromatic carbocycles. The molecular formula is C16H15N3OS. The Balaban J connectivity index is 1.81. The van der Waals surface area contributed by atoms with E-state index in [2.05, 4.69) is 4.98 Å². The van der Waals surface area contributed by atoms with Crippen LogP contribution >= 0.6 is 11.3 Å². The molecule has 0 spiro atoms. The van der Waals surface area contributed by atoms with Crippen molar-refractivity contribution in [3.63, 3.8) is 0 Å². The number of carbonyl (C=O) groups is 1. The highest BCUT2D eigenvalue weighted by molar-refractivity contribution is 7.18. The van der Waals surface area contributed by atoms with E-state index in [9.17, 15) is 4.79 Å². The summed E-state index contributed by atoms with van der Waals surface area (Å²) < 4.78 is 1.13. The van der Waals surface area contributed by atoms with Crippen LogP contribution in [0.4, 0.5) is 5.69 Å². The third-order valence-corrected chi connectivity index (χ3v) is 4.27. The van der Waals surface area contributed by atoms with Crippen molar-refractivity contribution >= 4 is 33.1 Å². The van der Waals surface area contributed by atoms with Gasteiger partial charge in [-0.25, -0.2) is 4.98 Å². The maximum atomic E-state index is 12.4. The molecule has 0 bridgehead atoms. The van der Waals surface area contributed by atoms with E-state index in [0.717, 1.165) is 15.2 Å². The minimum absolute atomic E-state index is 0.0904. The van der Waals surface area contributed by atoms with Gasteiger partial charge >= 0.3 is 0 Å². The lowest BCUT2D eigenvalue weighted by atomic mass is 10.1. The van der Waals surface area contributed by atoms with E-state index in [1.165, 1.54) is 0 Å². The van der Waals surface area contributed by atoms with Crippen LogP contribution in [0.1, 0.15) is 15.4 Å². The molecular weight excluding hydrogens is 282 g/mol. The Bertz CT molecular complexity index is 764. The first-order valence-electron chi connectivity index (χ1n) is 6.59. The Morgan fingerprint density at radius 2 is 1.90 bits per heavy atom. The number of nitrogen functional groups attached to an aromatic ring is 1. The Morgan fingerprint density at radius 1 is 1.19 bits per heavy atom. The van der Waals surface area contributed by atoms with E-state index in [1.54, 1.807) is 35.4 Å². The monoisotopic (exact) mass is 297 g/mol. The Hall–Kier alpha value is -2.40. The molecule has 0 aliphatic heterocycles. The van der Waals surface area contributed by atoms with E-state index in [0.29, 0.717) is 17.8 Å². The highest BCUT2D eigenvalue weighted by Crippen LogP contribution is 2.23. The van der Waals surface area contributed by atoms with E-state index in [1.807, 2.05) is 36.4 Å². The van der Waals surface area contributed by atoms with Gasteiger partial charge in [-0.05, 0) is 24.3 Å². The van der Waals surface area contributed by atoms with Crippen LogP contribution in [0.3, 0.4) is 0 Å². The fourth-order valence-corrected chi connectivity index (χ4v) is 3.18. The molecule has 106 valence electrons. The van der Waals surface area contributed by atoms with Gasteiger partial charge in [0.05, 0.1) is 22.3 Å². The molecule has 0 aliphatic carbocycles. The zero-order chi connectivity index (χ0) is 14.8. The molecule has 21 heavy (non-hydrogen) atoms. The van der Waals surface area contributed by atoms with Crippen LogP contribution in [0, 0.1) is 0 Å².